The highest BCUT2D eigenvalue weighted by Gasteiger charge is 2.07. The Morgan fingerprint density at radius 1 is 0.520 bits per heavy atom. The Kier molecular flexibility index (Phi) is 20.2. The van der Waals surface area contributed by atoms with Crippen molar-refractivity contribution in [1.82, 2.24) is 0 Å². The molecule has 0 heterocycles. The molecule has 0 spiro atoms. The molecule has 1 nitrogen and oxygen atoms in total. The van der Waals surface area contributed by atoms with Crippen LogP contribution in [0.1, 0.15) is 136 Å². The van der Waals surface area contributed by atoms with Crippen molar-refractivity contribution in [3.63, 3.8) is 0 Å². The summed E-state index contributed by atoms with van der Waals surface area (Å²) in [5.41, 5.74) is 0. The number of hydrogen-bond acceptors (Lipinski definition) is 1. The number of unbranched alkanes of at least 4 members (excludes halogenated alkanes) is 15. The Morgan fingerprint density at radius 3 is 1.24 bits per heavy atom. The molecule has 0 radical (unpaired) electrons. The Hall–Kier alpha value is -0.0400. The van der Waals surface area contributed by atoms with E-state index in [-0.39, 0.29) is 0 Å². The normalized spacial score (nSPS) is 13.9. The monoisotopic (exact) mass is 354 g/mol. The zero-order valence-electron chi connectivity index (χ0n) is 18.0. The molecule has 1 N–H and O–H groups in total. The number of aliphatic hydroxyl groups excluding tert-OH is 1. The fraction of sp³-hybridized carbons (Fsp3) is 1.00. The van der Waals surface area contributed by atoms with Gasteiger partial charge in [-0.05, 0) is 18.3 Å². The lowest BCUT2D eigenvalue weighted by Crippen LogP contribution is -2.06. The van der Waals surface area contributed by atoms with Crippen LogP contribution < -0.4 is 0 Å². The standard InChI is InChI=1S/C24H50O/c1-4-5-6-7-8-9-10-11-12-13-14-15-16-17-18-19-20-23(2)21-24(3)22-25/h23-25H,4-22H2,1-3H3/t23-,24-/m0/s1. The molecule has 25 heavy (non-hydrogen) atoms. The minimum Gasteiger partial charge on any atom is -0.396 e. The fourth-order valence-electron chi connectivity index (χ4n) is 3.92. The van der Waals surface area contributed by atoms with Crippen LogP contribution >= 0.6 is 0 Å². The molecule has 0 aliphatic rings. The predicted molar refractivity (Wildman–Crippen MR) is 114 cm³/mol. The minimum atomic E-state index is 0.350. The van der Waals surface area contributed by atoms with E-state index in [1.165, 1.54) is 116 Å². The van der Waals surface area contributed by atoms with Crippen molar-refractivity contribution in [3.8, 4) is 0 Å². The molecule has 2 atom stereocenters. The third kappa shape index (κ3) is 20.1. The van der Waals surface area contributed by atoms with Gasteiger partial charge < -0.3 is 5.11 Å². The zero-order valence-corrected chi connectivity index (χ0v) is 18.0. The SMILES string of the molecule is CCCCCCCCCCCCCCCCCC[C@H](C)C[C@H](C)CO. The molecule has 0 bridgehead atoms. The molecule has 0 aromatic carbocycles. The third-order valence-corrected chi connectivity index (χ3v) is 5.67. The molecule has 0 aromatic rings. The molecular weight excluding hydrogens is 304 g/mol. The summed E-state index contributed by atoms with van der Waals surface area (Å²) in [6, 6.07) is 0. The largest absolute Gasteiger partial charge is 0.396 e. The molecule has 152 valence electrons. The Morgan fingerprint density at radius 2 is 0.880 bits per heavy atom. The van der Waals surface area contributed by atoms with Crippen LogP contribution in [0.25, 0.3) is 0 Å². The molecule has 0 amide bonds. The summed E-state index contributed by atoms with van der Waals surface area (Å²) in [4.78, 5) is 0. The van der Waals surface area contributed by atoms with Gasteiger partial charge in [0.15, 0.2) is 0 Å². The average Bonchev–Trinajstić information content (AvgIpc) is 2.61. The molecule has 0 aromatic heterocycles. The van der Waals surface area contributed by atoms with E-state index in [2.05, 4.69) is 20.8 Å². The molecular formula is C24H50O. The van der Waals surface area contributed by atoms with E-state index in [0.29, 0.717) is 12.5 Å². The fourth-order valence-corrected chi connectivity index (χ4v) is 3.92. The lowest BCUT2D eigenvalue weighted by atomic mass is 9.93. The molecule has 0 rings (SSSR count). The van der Waals surface area contributed by atoms with Crippen molar-refractivity contribution in [2.45, 2.75) is 136 Å². The van der Waals surface area contributed by atoms with Gasteiger partial charge in [0.05, 0.1) is 0 Å². The summed E-state index contributed by atoms with van der Waals surface area (Å²) in [6.07, 6.45) is 25.7. The van der Waals surface area contributed by atoms with Crippen molar-refractivity contribution in [1.29, 1.82) is 0 Å². The number of hydrogen-bond donors (Lipinski definition) is 1. The summed E-state index contributed by atoms with van der Waals surface area (Å²) in [5, 5.41) is 9.10. The van der Waals surface area contributed by atoms with Crippen molar-refractivity contribution in [2.75, 3.05) is 6.61 Å². The Bertz CT molecular complexity index is 238. The van der Waals surface area contributed by atoms with E-state index < -0.39 is 0 Å². The van der Waals surface area contributed by atoms with Crippen molar-refractivity contribution < 1.29 is 5.11 Å². The third-order valence-electron chi connectivity index (χ3n) is 5.67. The van der Waals surface area contributed by atoms with Gasteiger partial charge in [0, 0.05) is 6.61 Å². The first-order valence-electron chi connectivity index (χ1n) is 11.8. The highest BCUT2D eigenvalue weighted by molar-refractivity contribution is 4.59. The molecule has 1 heteroatoms. The molecule has 0 aliphatic carbocycles. The maximum atomic E-state index is 9.10. The van der Waals surface area contributed by atoms with Crippen molar-refractivity contribution in [2.24, 2.45) is 11.8 Å². The van der Waals surface area contributed by atoms with Crippen LogP contribution in [0.2, 0.25) is 0 Å². The first-order chi connectivity index (χ1) is 12.2. The van der Waals surface area contributed by atoms with Gasteiger partial charge in [0.25, 0.3) is 0 Å². The van der Waals surface area contributed by atoms with E-state index in [1.54, 1.807) is 0 Å². The molecule has 0 saturated carbocycles. The highest BCUT2D eigenvalue weighted by atomic mass is 16.3. The maximum Gasteiger partial charge on any atom is 0.0456 e. The number of rotatable bonds is 20. The minimum absolute atomic E-state index is 0.350. The first-order valence-corrected chi connectivity index (χ1v) is 11.8. The van der Waals surface area contributed by atoms with Crippen LogP contribution in [-0.4, -0.2) is 11.7 Å². The molecule has 0 saturated heterocycles. The van der Waals surface area contributed by atoms with Crippen LogP contribution in [0.15, 0.2) is 0 Å². The average molecular weight is 355 g/mol. The van der Waals surface area contributed by atoms with E-state index in [1.807, 2.05) is 0 Å². The van der Waals surface area contributed by atoms with E-state index in [9.17, 15) is 0 Å². The Labute approximate surface area is 160 Å². The van der Waals surface area contributed by atoms with Crippen LogP contribution in [-0.2, 0) is 0 Å². The van der Waals surface area contributed by atoms with Gasteiger partial charge >= 0.3 is 0 Å². The summed E-state index contributed by atoms with van der Waals surface area (Å²) >= 11 is 0. The van der Waals surface area contributed by atoms with Gasteiger partial charge in [-0.2, -0.15) is 0 Å². The van der Waals surface area contributed by atoms with Gasteiger partial charge in [-0.3, -0.25) is 0 Å². The molecule has 0 aliphatic heterocycles. The van der Waals surface area contributed by atoms with E-state index in [0.717, 1.165) is 5.92 Å². The van der Waals surface area contributed by atoms with E-state index >= 15 is 0 Å². The molecule has 0 fully saturated rings. The van der Waals surface area contributed by atoms with Crippen LogP contribution in [0.3, 0.4) is 0 Å². The van der Waals surface area contributed by atoms with Crippen LogP contribution in [0, 0.1) is 11.8 Å². The second kappa shape index (κ2) is 20.3. The van der Waals surface area contributed by atoms with Crippen molar-refractivity contribution >= 4 is 0 Å². The van der Waals surface area contributed by atoms with Gasteiger partial charge in [0.1, 0.15) is 0 Å². The lowest BCUT2D eigenvalue weighted by Gasteiger charge is -2.15. The smallest absolute Gasteiger partial charge is 0.0456 e. The Balaban J connectivity index is 3.09. The van der Waals surface area contributed by atoms with Gasteiger partial charge in [0.2, 0.25) is 0 Å². The van der Waals surface area contributed by atoms with Gasteiger partial charge in [-0.1, -0.05) is 130 Å². The summed E-state index contributed by atoms with van der Waals surface area (Å²) < 4.78 is 0. The predicted octanol–water partition coefficient (Wildman–Crippen LogP) is 8.29. The summed E-state index contributed by atoms with van der Waals surface area (Å²) in [7, 11) is 0. The lowest BCUT2D eigenvalue weighted by molar-refractivity contribution is 0.212. The number of aliphatic hydroxyl groups is 1. The first kappa shape index (κ1) is 25.0. The quantitative estimate of drug-likeness (QED) is 0.218. The molecule has 0 unspecified atom stereocenters. The van der Waals surface area contributed by atoms with Crippen LogP contribution in [0.5, 0.6) is 0 Å². The summed E-state index contributed by atoms with van der Waals surface area (Å²) in [6.45, 7) is 7.15. The second-order valence-corrected chi connectivity index (χ2v) is 8.72. The highest BCUT2D eigenvalue weighted by Crippen LogP contribution is 2.19. The van der Waals surface area contributed by atoms with Gasteiger partial charge in [-0.15, -0.1) is 0 Å². The van der Waals surface area contributed by atoms with Crippen molar-refractivity contribution in [3.05, 3.63) is 0 Å². The van der Waals surface area contributed by atoms with Gasteiger partial charge in [-0.25, -0.2) is 0 Å². The second-order valence-electron chi connectivity index (χ2n) is 8.72. The summed E-state index contributed by atoms with van der Waals surface area (Å²) in [5.74, 6) is 1.27. The maximum absolute atomic E-state index is 9.10. The topological polar surface area (TPSA) is 20.2 Å². The van der Waals surface area contributed by atoms with Crippen LogP contribution in [0.4, 0.5) is 0 Å². The van der Waals surface area contributed by atoms with E-state index in [4.69, 9.17) is 5.11 Å². The zero-order chi connectivity index (χ0) is 18.6.